The molecule has 4 aromatic rings. The van der Waals surface area contributed by atoms with E-state index in [2.05, 4.69) is 47.1 Å². The van der Waals surface area contributed by atoms with Gasteiger partial charge in [-0.1, -0.05) is 73.3 Å². The van der Waals surface area contributed by atoms with Crippen LogP contribution < -0.4 is 14.8 Å². The van der Waals surface area contributed by atoms with E-state index in [1.807, 2.05) is 54.6 Å². The first-order valence-electron chi connectivity index (χ1n) is 16.6. The van der Waals surface area contributed by atoms with Gasteiger partial charge in [0.1, 0.15) is 6.61 Å². The van der Waals surface area contributed by atoms with Gasteiger partial charge in [0, 0.05) is 38.2 Å². The predicted octanol–water partition coefficient (Wildman–Crippen LogP) is 6.88. The van der Waals surface area contributed by atoms with E-state index in [9.17, 15) is 9.90 Å². The van der Waals surface area contributed by atoms with E-state index in [0.717, 1.165) is 70.9 Å². The molecule has 9 nitrogen and oxygen atoms in total. The van der Waals surface area contributed by atoms with Gasteiger partial charge < -0.3 is 34.1 Å². The Morgan fingerprint density at radius 1 is 0.918 bits per heavy atom. The number of methoxy groups -OCH3 is 2. The van der Waals surface area contributed by atoms with Gasteiger partial charge in [-0.05, 0) is 69.6 Å². The van der Waals surface area contributed by atoms with Gasteiger partial charge in [0.25, 0.3) is 0 Å². The van der Waals surface area contributed by atoms with Gasteiger partial charge in [-0.3, -0.25) is 4.90 Å². The van der Waals surface area contributed by atoms with E-state index >= 15 is 0 Å². The second-order valence-electron chi connectivity index (χ2n) is 12.4. The van der Waals surface area contributed by atoms with Crippen LogP contribution in [0.4, 0.5) is 4.79 Å². The fraction of sp³-hybridized carbons (Fsp3) is 0.325. The Morgan fingerprint density at radius 2 is 1.65 bits per heavy atom. The number of carbonyl (C=O) groups excluding carboxylic acids is 1. The molecule has 2 heterocycles. The molecule has 0 aromatic heterocycles. The van der Waals surface area contributed by atoms with Crippen LogP contribution >= 0.6 is 0 Å². The average Bonchev–Trinajstić information content (AvgIpc) is 3.15. The molecule has 4 aromatic carbocycles. The predicted molar refractivity (Wildman–Crippen MR) is 187 cm³/mol. The molecule has 1 fully saturated rings. The van der Waals surface area contributed by atoms with Crippen molar-refractivity contribution in [2.24, 2.45) is 0 Å². The number of aliphatic hydroxyl groups is 1. The summed E-state index contributed by atoms with van der Waals surface area (Å²) < 4.78 is 29.6. The van der Waals surface area contributed by atoms with E-state index in [1.165, 1.54) is 17.2 Å². The Labute approximate surface area is 288 Å². The molecule has 2 N–H and O–H groups in total. The smallest absolute Gasteiger partial charge is 0.407 e. The van der Waals surface area contributed by atoms with Gasteiger partial charge >= 0.3 is 6.09 Å². The highest BCUT2D eigenvalue weighted by Crippen LogP contribution is 2.40. The van der Waals surface area contributed by atoms with Crippen LogP contribution in [0.2, 0.25) is 0 Å². The lowest BCUT2D eigenvalue weighted by Crippen LogP contribution is -2.41. The number of amides is 1. The normalized spacial score (nSPS) is 19.0. The molecule has 0 spiro atoms. The van der Waals surface area contributed by atoms with Crippen molar-refractivity contribution in [2.45, 2.75) is 51.0 Å². The van der Waals surface area contributed by atoms with E-state index in [-0.39, 0.29) is 25.4 Å². The Bertz CT molecular complexity index is 1740. The number of alkyl carbamates (subject to hydrolysis) is 1. The minimum absolute atomic E-state index is 0.00326. The van der Waals surface area contributed by atoms with Crippen molar-refractivity contribution in [1.29, 1.82) is 0 Å². The lowest BCUT2D eigenvalue weighted by atomic mass is 9.96. The maximum absolute atomic E-state index is 11.9. The lowest BCUT2D eigenvalue weighted by Gasteiger charge is -2.39. The summed E-state index contributed by atoms with van der Waals surface area (Å²) >= 11 is 0. The summed E-state index contributed by atoms with van der Waals surface area (Å²) in [7, 11) is 3.34. The highest BCUT2D eigenvalue weighted by molar-refractivity contribution is 5.68. The molecular weight excluding hydrogens is 620 g/mol. The van der Waals surface area contributed by atoms with Gasteiger partial charge in [0.05, 0.1) is 33.0 Å². The highest BCUT2D eigenvalue weighted by Gasteiger charge is 2.34. The van der Waals surface area contributed by atoms with Crippen LogP contribution in [0.25, 0.3) is 11.1 Å². The summed E-state index contributed by atoms with van der Waals surface area (Å²) in [5.41, 5.74) is 8.35. The number of fused-ring (bicyclic) bond motifs is 1. The first kappa shape index (κ1) is 34.2. The van der Waals surface area contributed by atoms with Crippen LogP contribution in [0.5, 0.6) is 11.5 Å². The number of hydrogen-bond acceptors (Lipinski definition) is 8. The minimum Gasteiger partial charge on any atom is -0.493 e. The molecule has 0 saturated carbocycles. The molecule has 2 aliphatic rings. The van der Waals surface area contributed by atoms with Gasteiger partial charge in [0.15, 0.2) is 17.8 Å². The van der Waals surface area contributed by atoms with Crippen LogP contribution in [0.3, 0.4) is 0 Å². The van der Waals surface area contributed by atoms with Crippen molar-refractivity contribution < 1.29 is 33.6 Å². The summed E-state index contributed by atoms with van der Waals surface area (Å²) in [4.78, 5) is 14.4. The zero-order valence-electron chi connectivity index (χ0n) is 28.1. The topological polar surface area (TPSA) is 98.7 Å². The van der Waals surface area contributed by atoms with Crippen molar-refractivity contribution in [3.8, 4) is 22.6 Å². The van der Waals surface area contributed by atoms with Gasteiger partial charge in [0.2, 0.25) is 0 Å². The number of nitrogens with zero attached hydrogens (tertiary/aromatic N) is 1. The summed E-state index contributed by atoms with van der Waals surface area (Å²) in [5.74, 6) is 1.50. The fourth-order valence-electron chi connectivity index (χ4n) is 6.50. The van der Waals surface area contributed by atoms with E-state index in [4.69, 9.17) is 23.7 Å². The molecule has 9 heteroatoms. The fourth-order valence-corrected chi connectivity index (χ4v) is 6.50. The monoisotopic (exact) mass is 664 g/mol. The molecule has 1 amide bonds. The van der Waals surface area contributed by atoms with E-state index < -0.39 is 12.4 Å². The summed E-state index contributed by atoms with van der Waals surface area (Å²) in [5, 5.41) is 12.4. The number of aliphatic hydroxyl groups excluding tert-OH is 1. The first-order chi connectivity index (χ1) is 24.0. The molecule has 0 radical (unpaired) electrons. The maximum Gasteiger partial charge on any atom is 0.407 e. The minimum atomic E-state index is -0.577. The van der Waals surface area contributed by atoms with Crippen molar-refractivity contribution in [3.05, 3.63) is 131 Å². The third-order valence-corrected chi connectivity index (χ3v) is 9.06. The Balaban J connectivity index is 1.21. The molecule has 2 aliphatic heterocycles. The van der Waals surface area contributed by atoms with Crippen molar-refractivity contribution in [1.82, 2.24) is 10.2 Å². The molecule has 256 valence electrons. The average molecular weight is 665 g/mol. The van der Waals surface area contributed by atoms with E-state index in [1.54, 1.807) is 14.2 Å². The van der Waals surface area contributed by atoms with Crippen LogP contribution in [0.15, 0.2) is 97.6 Å². The molecule has 0 unspecified atom stereocenters. The number of carbonyl (C=O) groups is 1. The van der Waals surface area contributed by atoms with Crippen LogP contribution in [0.1, 0.15) is 52.2 Å². The second-order valence-corrected chi connectivity index (χ2v) is 12.4. The molecular formula is C40H44N2O7. The number of nitrogens with one attached hydrogen (secondary N) is 1. The number of ether oxygens (including phenoxy) is 5. The molecule has 49 heavy (non-hydrogen) atoms. The number of benzene rings is 4. The zero-order chi connectivity index (χ0) is 34.2. The quantitative estimate of drug-likeness (QED) is 0.158. The van der Waals surface area contributed by atoms with E-state index in [0.29, 0.717) is 13.0 Å². The molecule has 0 aliphatic carbocycles. The van der Waals surface area contributed by atoms with Crippen molar-refractivity contribution in [3.63, 3.8) is 0 Å². The highest BCUT2D eigenvalue weighted by atomic mass is 16.7. The van der Waals surface area contributed by atoms with Crippen molar-refractivity contribution >= 4 is 6.09 Å². The summed E-state index contributed by atoms with van der Waals surface area (Å²) in [6.07, 6.45) is 1.83. The first-order valence-corrected chi connectivity index (χ1v) is 16.6. The van der Waals surface area contributed by atoms with Crippen molar-refractivity contribution in [2.75, 3.05) is 33.9 Å². The molecule has 3 atom stereocenters. The lowest BCUT2D eigenvalue weighted by molar-refractivity contribution is -0.253. The Hall–Kier alpha value is -4.67. The summed E-state index contributed by atoms with van der Waals surface area (Å²) in [6, 6.07) is 28.4. The summed E-state index contributed by atoms with van der Waals surface area (Å²) in [6.45, 7) is 6.54. The third-order valence-electron chi connectivity index (χ3n) is 9.06. The zero-order valence-corrected chi connectivity index (χ0v) is 28.1. The van der Waals surface area contributed by atoms with Crippen LogP contribution in [-0.4, -0.2) is 56.1 Å². The largest absolute Gasteiger partial charge is 0.493 e. The van der Waals surface area contributed by atoms with Crippen LogP contribution in [-0.2, 0) is 40.3 Å². The second kappa shape index (κ2) is 16.2. The maximum atomic E-state index is 11.9. The van der Waals surface area contributed by atoms with Crippen LogP contribution in [0, 0.1) is 0 Å². The van der Waals surface area contributed by atoms with Gasteiger partial charge in [-0.25, -0.2) is 4.79 Å². The SMILES string of the molecule is C=CCOC(=O)NCc1cccc(-c2cccc([C@H]3O[C@@H](CN4CCc5cc(OC)c(OC)cc5C4)C[C@@H](c4ccc(CO)cc4)O3)c2)c1. The third kappa shape index (κ3) is 8.50. The number of hydrogen-bond donors (Lipinski definition) is 2. The Morgan fingerprint density at radius 3 is 2.39 bits per heavy atom. The molecule has 0 bridgehead atoms. The van der Waals surface area contributed by atoms with Gasteiger partial charge in [-0.2, -0.15) is 0 Å². The molecule has 6 rings (SSSR count). The number of rotatable bonds is 12. The van der Waals surface area contributed by atoms with Gasteiger partial charge in [-0.15, -0.1) is 0 Å². The molecule has 1 saturated heterocycles. The standard InChI is InChI=1S/C40H44N2O7/c1-4-17-47-40(44)41-23-28-7-5-8-30(18-28)31-9-6-10-33(19-31)39-48-35(22-36(49-39)29-13-11-27(26-43)12-14-29)25-42-16-15-32-20-37(45-2)38(46-3)21-34(32)24-42/h4-14,18-21,35-36,39,43H,1,15-17,22-26H2,2-3H3,(H,41,44)/t35-,36+,39+/m1/s1. The Kier molecular flexibility index (Phi) is 11.3.